The van der Waals surface area contributed by atoms with Crippen LogP contribution in [-0.4, -0.2) is 37.1 Å². The molecule has 0 bridgehead atoms. The fraction of sp³-hybridized carbons (Fsp3) is 0.182. The number of pyridine rings is 1. The highest BCUT2D eigenvalue weighted by molar-refractivity contribution is 5.84. The number of aromatic nitrogens is 3. The number of nitrogens with one attached hydrogen (secondary N) is 1. The van der Waals surface area contributed by atoms with Gasteiger partial charge >= 0.3 is 11.7 Å². The number of carbonyl (C=O) groups is 1. The molecule has 0 aliphatic heterocycles. The lowest BCUT2D eigenvalue weighted by molar-refractivity contribution is -0.384. The van der Waals surface area contributed by atoms with Crippen molar-refractivity contribution in [2.24, 2.45) is 0 Å². The van der Waals surface area contributed by atoms with Crippen LogP contribution in [0, 0.1) is 10.1 Å². The van der Waals surface area contributed by atoms with E-state index in [2.05, 4.69) is 15.3 Å². The molecule has 110 valence electrons. The zero-order valence-electron chi connectivity index (χ0n) is 10.8. The third-order valence-corrected chi connectivity index (χ3v) is 2.63. The summed E-state index contributed by atoms with van der Waals surface area (Å²) in [5.74, 6) is -0.857. The van der Waals surface area contributed by atoms with Crippen LogP contribution in [0.1, 0.15) is 10.5 Å². The van der Waals surface area contributed by atoms with Crippen LogP contribution in [0.4, 0.5) is 17.3 Å². The SMILES string of the molecule is Nc1nc(NCCn2cnc(C(=O)O)c2)ccc1[N+](=O)[O-]. The first-order chi connectivity index (χ1) is 9.97. The van der Waals surface area contributed by atoms with Crippen molar-refractivity contribution < 1.29 is 14.8 Å². The quantitative estimate of drug-likeness (QED) is 0.517. The molecule has 10 nitrogen and oxygen atoms in total. The Bertz CT molecular complexity index is 683. The highest BCUT2D eigenvalue weighted by Crippen LogP contribution is 2.20. The number of nitrogens with zero attached hydrogens (tertiary/aromatic N) is 4. The Morgan fingerprint density at radius 2 is 2.29 bits per heavy atom. The molecular weight excluding hydrogens is 280 g/mol. The number of rotatable bonds is 6. The number of hydrogen-bond acceptors (Lipinski definition) is 7. The topological polar surface area (TPSA) is 149 Å². The van der Waals surface area contributed by atoms with Gasteiger partial charge in [-0.05, 0) is 6.07 Å². The molecule has 0 radical (unpaired) electrons. The average molecular weight is 292 g/mol. The van der Waals surface area contributed by atoms with Gasteiger partial charge in [-0.15, -0.1) is 0 Å². The van der Waals surface area contributed by atoms with Crippen LogP contribution in [0.25, 0.3) is 0 Å². The third kappa shape index (κ3) is 3.43. The number of carboxylic acids is 1. The predicted octanol–water partition coefficient (Wildman–Crippen LogP) is 0.579. The Balaban J connectivity index is 1.92. The number of aromatic carboxylic acids is 1. The van der Waals surface area contributed by atoms with Crippen molar-refractivity contribution in [2.45, 2.75) is 6.54 Å². The zero-order valence-corrected chi connectivity index (χ0v) is 10.8. The van der Waals surface area contributed by atoms with Crippen LogP contribution in [0.2, 0.25) is 0 Å². The summed E-state index contributed by atoms with van der Waals surface area (Å²) in [5, 5.41) is 22.3. The van der Waals surface area contributed by atoms with E-state index in [9.17, 15) is 14.9 Å². The fourth-order valence-electron chi connectivity index (χ4n) is 1.63. The molecule has 21 heavy (non-hydrogen) atoms. The van der Waals surface area contributed by atoms with Crippen LogP contribution in [0.3, 0.4) is 0 Å². The van der Waals surface area contributed by atoms with Crippen LogP contribution < -0.4 is 11.1 Å². The van der Waals surface area contributed by atoms with Gasteiger partial charge < -0.3 is 20.7 Å². The Morgan fingerprint density at radius 3 is 2.86 bits per heavy atom. The molecule has 0 saturated heterocycles. The van der Waals surface area contributed by atoms with Gasteiger partial charge in [-0.1, -0.05) is 0 Å². The lowest BCUT2D eigenvalue weighted by atomic mass is 10.4. The lowest BCUT2D eigenvalue weighted by Gasteiger charge is -2.06. The predicted molar refractivity (Wildman–Crippen MR) is 73.0 cm³/mol. The normalized spacial score (nSPS) is 10.3. The van der Waals surface area contributed by atoms with Gasteiger partial charge in [0.1, 0.15) is 5.82 Å². The first-order valence-electron chi connectivity index (χ1n) is 5.87. The maximum Gasteiger partial charge on any atom is 0.356 e. The van der Waals surface area contributed by atoms with Crippen molar-refractivity contribution in [1.82, 2.24) is 14.5 Å². The van der Waals surface area contributed by atoms with Crippen LogP contribution in [0.5, 0.6) is 0 Å². The summed E-state index contributed by atoms with van der Waals surface area (Å²) in [5.41, 5.74) is 5.19. The van der Waals surface area contributed by atoms with E-state index in [0.29, 0.717) is 18.9 Å². The summed E-state index contributed by atoms with van der Waals surface area (Å²) in [6, 6.07) is 2.72. The first kappa shape index (κ1) is 14.2. The molecule has 10 heteroatoms. The van der Waals surface area contributed by atoms with E-state index in [1.165, 1.54) is 24.7 Å². The highest BCUT2D eigenvalue weighted by Gasteiger charge is 2.12. The van der Waals surface area contributed by atoms with Gasteiger partial charge in [0.05, 0.1) is 11.3 Å². The van der Waals surface area contributed by atoms with Crippen molar-refractivity contribution in [3.8, 4) is 0 Å². The minimum atomic E-state index is -1.09. The number of nitrogens with two attached hydrogens (primary N) is 1. The number of carboxylic acid groups (broad SMARTS) is 1. The minimum Gasteiger partial charge on any atom is -0.476 e. The van der Waals surface area contributed by atoms with Crippen molar-refractivity contribution in [2.75, 3.05) is 17.6 Å². The van der Waals surface area contributed by atoms with E-state index >= 15 is 0 Å². The molecule has 0 aliphatic carbocycles. The number of imidazole rings is 1. The Morgan fingerprint density at radius 1 is 1.52 bits per heavy atom. The van der Waals surface area contributed by atoms with Gasteiger partial charge in [0.2, 0.25) is 5.82 Å². The molecule has 2 aromatic rings. The maximum atomic E-state index is 10.7. The van der Waals surface area contributed by atoms with E-state index in [-0.39, 0.29) is 17.2 Å². The molecule has 0 aliphatic rings. The van der Waals surface area contributed by atoms with Crippen molar-refractivity contribution in [3.05, 3.63) is 40.5 Å². The van der Waals surface area contributed by atoms with E-state index < -0.39 is 10.9 Å². The van der Waals surface area contributed by atoms with E-state index in [1.807, 2.05) is 0 Å². The number of anilines is 2. The fourth-order valence-corrected chi connectivity index (χ4v) is 1.63. The monoisotopic (exact) mass is 292 g/mol. The molecule has 2 rings (SSSR count). The third-order valence-electron chi connectivity index (χ3n) is 2.63. The molecular formula is C11H12N6O4. The Labute approximate surface area is 118 Å². The Kier molecular flexibility index (Phi) is 3.97. The summed E-state index contributed by atoms with van der Waals surface area (Å²) in [6.07, 6.45) is 2.81. The Hall–Kier alpha value is -3.17. The maximum absolute atomic E-state index is 10.7. The van der Waals surface area contributed by atoms with Gasteiger partial charge in [-0.25, -0.2) is 14.8 Å². The molecule has 0 aromatic carbocycles. The number of nitro groups is 1. The molecule has 4 N–H and O–H groups in total. The highest BCUT2D eigenvalue weighted by atomic mass is 16.6. The first-order valence-corrected chi connectivity index (χ1v) is 5.87. The number of nitrogen functional groups attached to an aromatic ring is 1. The van der Waals surface area contributed by atoms with Gasteiger partial charge in [0.15, 0.2) is 5.69 Å². The molecule has 0 unspecified atom stereocenters. The van der Waals surface area contributed by atoms with Crippen LogP contribution >= 0.6 is 0 Å². The second-order valence-electron chi connectivity index (χ2n) is 4.09. The molecule has 0 amide bonds. The summed E-state index contributed by atoms with van der Waals surface area (Å²) >= 11 is 0. The minimum absolute atomic E-state index is 0.0345. The second kappa shape index (κ2) is 5.86. The van der Waals surface area contributed by atoms with E-state index in [0.717, 1.165) is 0 Å². The smallest absolute Gasteiger partial charge is 0.356 e. The summed E-state index contributed by atoms with van der Waals surface area (Å²) in [7, 11) is 0. The van der Waals surface area contributed by atoms with Crippen LogP contribution in [-0.2, 0) is 6.54 Å². The van der Waals surface area contributed by atoms with Gasteiger partial charge in [-0.3, -0.25) is 10.1 Å². The van der Waals surface area contributed by atoms with Crippen molar-refractivity contribution >= 4 is 23.3 Å². The van der Waals surface area contributed by atoms with E-state index in [1.54, 1.807) is 4.57 Å². The average Bonchev–Trinajstić information content (AvgIpc) is 2.87. The standard InChI is InChI=1S/C11H12N6O4/c12-10-8(17(20)21)1-2-9(15-10)13-3-4-16-5-7(11(18)19)14-6-16/h1-2,5-6H,3-4H2,(H,18,19)(H3,12,13,15). The molecule has 0 fully saturated rings. The van der Waals surface area contributed by atoms with E-state index in [4.69, 9.17) is 10.8 Å². The molecule has 0 spiro atoms. The molecule has 2 aromatic heterocycles. The van der Waals surface area contributed by atoms with Gasteiger partial charge in [-0.2, -0.15) is 0 Å². The van der Waals surface area contributed by atoms with Crippen LogP contribution in [0.15, 0.2) is 24.7 Å². The van der Waals surface area contributed by atoms with Crippen molar-refractivity contribution in [3.63, 3.8) is 0 Å². The van der Waals surface area contributed by atoms with Gasteiger partial charge in [0, 0.05) is 25.4 Å². The summed E-state index contributed by atoms with van der Waals surface area (Å²) in [6.45, 7) is 0.887. The molecule has 2 heterocycles. The van der Waals surface area contributed by atoms with Crippen molar-refractivity contribution in [1.29, 1.82) is 0 Å². The molecule has 0 atom stereocenters. The summed E-state index contributed by atoms with van der Waals surface area (Å²) in [4.78, 5) is 28.2. The largest absolute Gasteiger partial charge is 0.476 e. The summed E-state index contributed by atoms with van der Waals surface area (Å²) < 4.78 is 1.60. The number of hydrogen-bond donors (Lipinski definition) is 3. The lowest BCUT2D eigenvalue weighted by Crippen LogP contribution is -2.11. The second-order valence-corrected chi connectivity index (χ2v) is 4.09. The zero-order chi connectivity index (χ0) is 15.4. The molecule has 0 saturated carbocycles. The van der Waals surface area contributed by atoms with Gasteiger partial charge in [0.25, 0.3) is 0 Å².